The minimum Gasteiger partial charge on any atom is -0.508 e. The molecule has 0 saturated carbocycles. The van der Waals surface area contributed by atoms with Gasteiger partial charge in [0.25, 0.3) is 0 Å². The van der Waals surface area contributed by atoms with Gasteiger partial charge < -0.3 is 10.4 Å². The molecule has 1 heterocycles. The van der Waals surface area contributed by atoms with E-state index in [4.69, 9.17) is 0 Å². The fourth-order valence-corrected chi connectivity index (χ4v) is 2.82. The van der Waals surface area contributed by atoms with Gasteiger partial charge in [-0.05, 0) is 57.7 Å². The van der Waals surface area contributed by atoms with Crippen molar-refractivity contribution in [3.05, 3.63) is 29.8 Å². The van der Waals surface area contributed by atoms with Gasteiger partial charge in [-0.2, -0.15) is 0 Å². The van der Waals surface area contributed by atoms with Crippen LogP contribution in [-0.2, 0) is 5.54 Å². The minimum absolute atomic E-state index is 0.0134. The van der Waals surface area contributed by atoms with Gasteiger partial charge in [-0.15, -0.1) is 0 Å². The Morgan fingerprint density at radius 2 is 1.94 bits per heavy atom. The molecule has 1 saturated heterocycles. The molecule has 2 heteroatoms. The van der Waals surface area contributed by atoms with Crippen LogP contribution in [0.15, 0.2) is 24.3 Å². The molecular weight excluding hydrogens is 198 g/mol. The van der Waals surface area contributed by atoms with Crippen LogP contribution in [0.5, 0.6) is 5.75 Å². The minimum atomic E-state index is -0.0134. The molecule has 16 heavy (non-hydrogen) atoms. The van der Waals surface area contributed by atoms with Crippen LogP contribution in [0, 0.1) is 0 Å². The summed E-state index contributed by atoms with van der Waals surface area (Å²) in [7, 11) is 0. The van der Waals surface area contributed by atoms with Crippen molar-refractivity contribution in [3.8, 4) is 5.75 Å². The first-order valence-corrected chi connectivity index (χ1v) is 6.00. The van der Waals surface area contributed by atoms with Gasteiger partial charge in [-0.25, -0.2) is 0 Å². The number of benzene rings is 1. The molecule has 0 bridgehead atoms. The van der Waals surface area contributed by atoms with E-state index in [0.29, 0.717) is 5.75 Å². The van der Waals surface area contributed by atoms with Gasteiger partial charge in [-0.1, -0.05) is 12.1 Å². The average molecular weight is 219 g/mol. The van der Waals surface area contributed by atoms with Crippen molar-refractivity contribution in [1.82, 2.24) is 5.32 Å². The molecule has 2 nitrogen and oxygen atoms in total. The molecule has 1 atom stereocenters. The number of phenolic OH excluding ortho intramolecular Hbond substituents is 1. The fourth-order valence-electron chi connectivity index (χ4n) is 2.82. The molecule has 0 spiro atoms. The summed E-state index contributed by atoms with van der Waals surface area (Å²) in [6.07, 6.45) is 3.56. The molecule has 0 aromatic heterocycles. The second-order valence-corrected chi connectivity index (χ2v) is 5.74. The Morgan fingerprint density at radius 3 is 2.56 bits per heavy atom. The maximum atomic E-state index is 9.56. The quantitative estimate of drug-likeness (QED) is 0.760. The van der Waals surface area contributed by atoms with Crippen LogP contribution in [-0.4, -0.2) is 10.6 Å². The molecule has 2 rings (SSSR count). The van der Waals surface area contributed by atoms with Crippen LogP contribution in [0.25, 0.3) is 0 Å². The van der Waals surface area contributed by atoms with Crippen LogP contribution in [0.3, 0.4) is 0 Å². The topological polar surface area (TPSA) is 32.3 Å². The van der Waals surface area contributed by atoms with E-state index in [1.165, 1.54) is 18.4 Å². The first kappa shape index (κ1) is 11.5. The molecule has 1 aliphatic rings. The van der Waals surface area contributed by atoms with Gasteiger partial charge in [0.1, 0.15) is 5.75 Å². The van der Waals surface area contributed by atoms with E-state index in [0.717, 1.165) is 6.42 Å². The number of nitrogens with one attached hydrogen (secondary N) is 1. The summed E-state index contributed by atoms with van der Waals surface area (Å²) in [6, 6.07) is 7.60. The summed E-state index contributed by atoms with van der Waals surface area (Å²) < 4.78 is 0. The lowest BCUT2D eigenvalue weighted by Gasteiger charge is -2.45. The SMILES string of the molecule is CC1(C)CCCC(C)(c2cccc(O)c2)N1. The lowest BCUT2D eigenvalue weighted by atomic mass is 9.78. The highest BCUT2D eigenvalue weighted by molar-refractivity contribution is 5.32. The molecule has 1 unspecified atom stereocenters. The van der Waals surface area contributed by atoms with E-state index in [9.17, 15) is 5.11 Å². The highest BCUT2D eigenvalue weighted by Gasteiger charge is 2.36. The van der Waals surface area contributed by atoms with E-state index in [-0.39, 0.29) is 11.1 Å². The van der Waals surface area contributed by atoms with Crippen LogP contribution in [0.4, 0.5) is 0 Å². The maximum Gasteiger partial charge on any atom is 0.115 e. The largest absolute Gasteiger partial charge is 0.508 e. The lowest BCUT2D eigenvalue weighted by molar-refractivity contribution is 0.167. The third kappa shape index (κ3) is 2.22. The van der Waals surface area contributed by atoms with Gasteiger partial charge in [0.2, 0.25) is 0 Å². The van der Waals surface area contributed by atoms with Crippen molar-refractivity contribution >= 4 is 0 Å². The molecular formula is C14H21NO. The van der Waals surface area contributed by atoms with Crippen LogP contribution < -0.4 is 5.32 Å². The zero-order chi connectivity index (χ0) is 11.8. The van der Waals surface area contributed by atoms with Crippen LogP contribution in [0.1, 0.15) is 45.6 Å². The zero-order valence-corrected chi connectivity index (χ0v) is 10.4. The molecule has 0 radical (unpaired) electrons. The number of rotatable bonds is 1. The number of hydrogen-bond donors (Lipinski definition) is 2. The van der Waals surface area contributed by atoms with Crippen molar-refractivity contribution in [3.63, 3.8) is 0 Å². The predicted molar refractivity (Wildman–Crippen MR) is 66.5 cm³/mol. The Morgan fingerprint density at radius 1 is 1.19 bits per heavy atom. The first-order valence-electron chi connectivity index (χ1n) is 6.00. The van der Waals surface area contributed by atoms with Crippen molar-refractivity contribution in [1.29, 1.82) is 0 Å². The molecule has 0 amide bonds. The Balaban J connectivity index is 2.31. The van der Waals surface area contributed by atoms with Crippen molar-refractivity contribution < 1.29 is 5.11 Å². The molecule has 1 aromatic carbocycles. The smallest absolute Gasteiger partial charge is 0.115 e. The number of phenols is 1. The molecule has 0 aliphatic carbocycles. The van der Waals surface area contributed by atoms with Crippen molar-refractivity contribution in [2.45, 2.75) is 51.1 Å². The van der Waals surface area contributed by atoms with Gasteiger partial charge in [0.05, 0.1) is 0 Å². The third-order valence-corrected chi connectivity index (χ3v) is 3.58. The monoisotopic (exact) mass is 219 g/mol. The Bertz CT molecular complexity index is 386. The summed E-state index contributed by atoms with van der Waals surface area (Å²) in [6.45, 7) is 6.71. The predicted octanol–water partition coefficient (Wildman–Crippen LogP) is 3.16. The normalized spacial score (nSPS) is 28.9. The summed E-state index contributed by atoms with van der Waals surface area (Å²) in [5.74, 6) is 0.351. The fraction of sp³-hybridized carbons (Fsp3) is 0.571. The van der Waals surface area contributed by atoms with Gasteiger partial charge in [-0.3, -0.25) is 0 Å². The highest BCUT2D eigenvalue weighted by Crippen LogP contribution is 2.36. The number of aromatic hydroxyl groups is 1. The van der Waals surface area contributed by atoms with Gasteiger partial charge >= 0.3 is 0 Å². The Kier molecular flexibility index (Phi) is 2.70. The second-order valence-electron chi connectivity index (χ2n) is 5.74. The standard InChI is InChI=1S/C14H21NO/c1-13(2)8-5-9-14(3,15-13)11-6-4-7-12(16)10-11/h4,6-7,10,15-16H,5,8-9H2,1-3H3. The van der Waals surface area contributed by atoms with E-state index < -0.39 is 0 Å². The van der Waals surface area contributed by atoms with Crippen LogP contribution >= 0.6 is 0 Å². The Hall–Kier alpha value is -1.02. The molecule has 1 aliphatic heterocycles. The van der Waals surface area contributed by atoms with E-state index in [1.54, 1.807) is 6.07 Å². The second kappa shape index (κ2) is 3.77. The Labute approximate surface area is 97.7 Å². The zero-order valence-electron chi connectivity index (χ0n) is 10.4. The lowest BCUT2D eigenvalue weighted by Crippen LogP contribution is -2.54. The molecule has 1 fully saturated rings. The van der Waals surface area contributed by atoms with E-state index >= 15 is 0 Å². The van der Waals surface area contributed by atoms with Gasteiger partial charge in [0.15, 0.2) is 0 Å². The molecule has 2 N–H and O–H groups in total. The summed E-state index contributed by atoms with van der Waals surface area (Å²) in [5.41, 5.74) is 1.35. The summed E-state index contributed by atoms with van der Waals surface area (Å²) >= 11 is 0. The van der Waals surface area contributed by atoms with Crippen LogP contribution in [0.2, 0.25) is 0 Å². The molecule has 88 valence electrons. The number of piperidine rings is 1. The first-order chi connectivity index (χ1) is 7.41. The van der Waals surface area contributed by atoms with E-state index in [2.05, 4.69) is 32.2 Å². The van der Waals surface area contributed by atoms with Crippen molar-refractivity contribution in [2.75, 3.05) is 0 Å². The molecule has 1 aromatic rings. The highest BCUT2D eigenvalue weighted by atomic mass is 16.3. The summed E-state index contributed by atoms with van der Waals surface area (Å²) in [5, 5.41) is 13.3. The van der Waals surface area contributed by atoms with Gasteiger partial charge in [0, 0.05) is 11.1 Å². The number of hydrogen-bond acceptors (Lipinski definition) is 2. The van der Waals surface area contributed by atoms with E-state index in [1.807, 2.05) is 12.1 Å². The van der Waals surface area contributed by atoms with Crippen molar-refractivity contribution in [2.24, 2.45) is 0 Å². The summed E-state index contributed by atoms with van der Waals surface area (Å²) in [4.78, 5) is 0. The maximum absolute atomic E-state index is 9.56. The third-order valence-electron chi connectivity index (χ3n) is 3.58. The average Bonchev–Trinajstić information content (AvgIpc) is 2.15.